The molecule has 0 heterocycles. The second kappa shape index (κ2) is 6.35. The predicted octanol–water partition coefficient (Wildman–Crippen LogP) is 3.84. The van der Waals surface area contributed by atoms with Gasteiger partial charge < -0.3 is 9.47 Å². The fourth-order valence-corrected chi connectivity index (χ4v) is 1.97. The number of carbonyl (C=O) groups excluding carboxylic acids is 1. The van der Waals surface area contributed by atoms with Crippen molar-refractivity contribution < 1.29 is 23.0 Å². The van der Waals surface area contributed by atoms with Gasteiger partial charge in [-0.05, 0) is 31.2 Å². The van der Waals surface area contributed by atoms with E-state index in [1.54, 1.807) is 18.2 Å². The van der Waals surface area contributed by atoms with Crippen LogP contribution in [-0.2, 0) is 0 Å². The highest BCUT2D eigenvalue weighted by atomic mass is 19.3. The van der Waals surface area contributed by atoms with Crippen molar-refractivity contribution in [3.8, 4) is 11.5 Å². The van der Waals surface area contributed by atoms with E-state index in [1.807, 2.05) is 13.0 Å². The highest BCUT2D eigenvalue weighted by Crippen LogP contribution is 2.25. The summed E-state index contributed by atoms with van der Waals surface area (Å²) in [6, 6.07) is 10.9. The monoisotopic (exact) mass is 292 g/mol. The maximum Gasteiger partial charge on any atom is 0.387 e. The lowest BCUT2D eigenvalue weighted by Gasteiger charge is -2.10. The van der Waals surface area contributed by atoms with Crippen LogP contribution in [0.15, 0.2) is 42.5 Å². The topological polar surface area (TPSA) is 35.5 Å². The molecule has 5 heteroatoms. The number of ether oxygens (including phenoxy) is 2. The number of benzene rings is 2. The first kappa shape index (κ1) is 15.0. The molecule has 0 aromatic heterocycles. The molecule has 110 valence electrons. The fraction of sp³-hybridized carbons (Fsp3) is 0.188. The third kappa shape index (κ3) is 3.56. The highest BCUT2D eigenvalue weighted by Gasteiger charge is 2.16. The molecule has 0 fully saturated rings. The quantitative estimate of drug-likeness (QED) is 0.786. The number of hydrogen-bond donors (Lipinski definition) is 0. The summed E-state index contributed by atoms with van der Waals surface area (Å²) in [7, 11) is 1.47. The van der Waals surface area contributed by atoms with Gasteiger partial charge in [0.2, 0.25) is 0 Å². The Hall–Kier alpha value is -2.43. The molecule has 2 aromatic carbocycles. The molecule has 0 unspecified atom stereocenters. The summed E-state index contributed by atoms with van der Waals surface area (Å²) in [6.07, 6.45) is 0. The molecule has 2 rings (SSSR count). The van der Waals surface area contributed by atoms with E-state index in [9.17, 15) is 13.6 Å². The van der Waals surface area contributed by atoms with Gasteiger partial charge in [0.05, 0.1) is 12.7 Å². The average Bonchev–Trinajstić information content (AvgIpc) is 2.46. The first-order chi connectivity index (χ1) is 10.0. The van der Waals surface area contributed by atoms with Gasteiger partial charge in [0.25, 0.3) is 0 Å². The fourth-order valence-electron chi connectivity index (χ4n) is 1.97. The molecule has 0 saturated heterocycles. The third-order valence-corrected chi connectivity index (χ3v) is 2.92. The Morgan fingerprint density at radius 2 is 1.90 bits per heavy atom. The summed E-state index contributed by atoms with van der Waals surface area (Å²) in [5.74, 6) is 0.0727. The summed E-state index contributed by atoms with van der Waals surface area (Å²) in [5.41, 5.74) is 1.54. The van der Waals surface area contributed by atoms with Gasteiger partial charge in [-0.1, -0.05) is 23.8 Å². The van der Waals surface area contributed by atoms with Gasteiger partial charge in [-0.3, -0.25) is 4.79 Å². The van der Waals surface area contributed by atoms with Crippen molar-refractivity contribution in [1.29, 1.82) is 0 Å². The number of rotatable bonds is 5. The van der Waals surface area contributed by atoms with Crippen LogP contribution in [0.1, 0.15) is 21.5 Å². The van der Waals surface area contributed by atoms with Gasteiger partial charge in [0, 0.05) is 5.56 Å². The molecule has 3 nitrogen and oxygen atoms in total. The van der Waals surface area contributed by atoms with Gasteiger partial charge in [0.1, 0.15) is 11.5 Å². The largest absolute Gasteiger partial charge is 0.496 e. The lowest BCUT2D eigenvalue weighted by Crippen LogP contribution is -2.06. The Morgan fingerprint density at radius 3 is 2.57 bits per heavy atom. The molecule has 21 heavy (non-hydrogen) atoms. The number of alkyl halides is 2. The van der Waals surface area contributed by atoms with Crippen molar-refractivity contribution in [2.75, 3.05) is 7.11 Å². The second-order valence-corrected chi connectivity index (χ2v) is 4.44. The van der Waals surface area contributed by atoms with Gasteiger partial charge in [-0.15, -0.1) is 0 Å². The van der Waals surface area contributed by atoms with Crippen LogP contribution in [0.5, 0.6) is 11.5 Å². The molecule has 0 bridgehead atoms. The van der Waals surface area contributed by atoms with Crippen LogP contribution in [0, 0.1) is 6.92 Å². The van der Waals surface area contributed by atoms with Gasteiger partial charge in [0.15, 0.2) is 5.78 Å². The first-order valence-corrected chi connectivity index (χ1v) is 6.25. The molecule has 0 aliphatic heterocycles. The minimum atomic E-state index is -2.93. The van der Waals surface area contributed by atoms with E-state index in [2.05, 4.69) is 4.74 Å². The van der Waals surface area contributed by atoms with Gasteiger partial charge in [-0.2, -0.15) is 8.78 Å². The van der Waals surface area contributed by atoms with Crippen molar-refractivity contribution >= 4 is 5.78 Å². The number of carbonyl (C=O) groups is 1. The molecular formula is C16H14F2O3. The Balaban J connectivity index is 2.38. The van der Waals surface area contributed by atoms with Crippen molar-refractivity contribution in [2.24, 2.45) is 0 Å². The van der Waals surface area contributed by atoms with Crippen LogP contribution < -0.4 is 9.47 Å². The minimum absolute atomic E-state index is 0.0533. The summed E-state index contributed by atoms with van der Waals surface area (Å²) < 4.78 is 33.9. The molecule has 0 saturated carbocycles. The standard InChI is InChI=1S/C16H14F2O3/c1-10-6-7-14(20-2)13(8-10)15(19)11-4-3-5-12(9-11)21-16(17)18/h3-9,16H,1-2H3. The normalized spacial score (nSPS) is 10.5. The van der Waals surface area contributed by atoms with E-state index < -0.39 is 6.61 Å². The Kier molecular flexibility index (Phi) is 4.52. The third-order valence-electron chi connectivity index (χ3n) is 2.92. The first-order valence-electron chi connectivity index (χ1n) is 6.25. The summed E-state index contributed by atoms with van der Waals surface area (Å²) in [5, 5.41) is 0. The summed E-state index contributed by atoms with van der Waals surface area (Å²) in [4.78, 5) is 12.5. The Morgan fingerprint density at radius 1 is 1.14 bits per heavy atom. The smallest absolute Gasteiger partial charge is 0.387 e. The Labute approximate surface area is 121 Å². The molecule has 0 atom stereocenters. The van der Waals surface area contributed by atoms with Crippen molar-refractivity contribution in [2.45, 2.75) is 13.5 Å². The SMILES string of the molecule is COc1ccc(C)cc1C(=O)c1cccc(OC(F)F)c1. The Bertz CT molecular complexity index is 654. The second-order valence-electron chi connectivity index (χ2n) is 4.44. The molecule has 0 spiro atoms. The van der Waals surface area contributed by atoms with E-state index >= 15 is 0 Å². The summed E-state index contributed by atoms with van der Waals surface area (Å²) >= 11 is 0. The van der Waals surface area contributed by atoms with E-state index in [4.69, 9.17) is 4.74 Å². The average molecular weight is 292 g/mol. The minimum Gasteiger partial charge on any atom is -0.496 e. The van der Waals surface area contributed by atoms with Gasteiger partial charge >= 0.3 is 6.61 Å². The number of aryl methyl sites for hydroxylation is 1. The number of methoxy groups -OCH3 is 1. The maximum atomic E-state index is 12.5. The van der Waals surface area contributed by atoms with E-state index in [0.717, 1.165) is 5.56 Å². The number of hydrogen-bond acceptors (Lipinski definition) is 3. The molecule has 0 aliphatic rings. The predicted molar refractivity (Wildman–Crippen MR) is 74.2 cm³/mol. The molecular weight excluding hydrogens is 278 g/mol. The molecule has 0 amide bonds. The van der Waals surface area contributed by atoms with Crippen LogP contribution in [0.2, 0.25) is 0 Å². The number of halogens is 2. The van der Waals surface area contributed by atoms with Gasteiger partial charge in [-0.25, -0.2) is 0 Å². The molecule has 0 N–H and O–H groups in total. The zero-order valence-electron chi connectivity index (χ0n) is 11.6. The molecule has 0 aliphatic carbocycles. The van der Waals surface area contributed by atoms with Crippen LogP contribution in [0.3, 0.4) is 0 Å². The lowest BCUT2D eigenvalue weighted by atomic mass is 10.0. The van der Waals surface area contributed by atoms with Crippen LogP contribution in [0.4, 0.5) is 8.78 Å². The van der Waals surface area contributed by atoms with Crippen molar-refractivity contribution in [1.82, 2.24) is 0 Å². The van der Waals surface area contributed by atoms with Crippen LogP contribution >= 0.6 is 0 Å². The van der Waals surface area contributed by atoms with E-state index in [0.29, 0.717) is 11.3 Å². The molecule has 0 radical (unpaired) electrons. The number of ketones is 1. The van der Waals surface area contributed by atoms with Crippen molar-refractivity contribution in [3.63, 3.8) is 0 Å². The zero-order valence-corrected chi connectivity index (χ0v) is 11.6. The lowest BCUT2D eigenvalue weighted by molar-refractivity contribution is -0.0498. The van der Waals surface area contributed by atoms with Crippen LogP contribution in [-0.4, -0.2) is 19.5 Å². The van der Waals surface area contributed by atoms with E-state index in [1.165, 1.54) is 25.3 Å². The highest BCUT2D eigenvalue weighted by molar-refractivity contribution is 6.11. The summed E-state index contributed by atoms with van der Waals surface area (Å²) in [6.45, 7) is -1.07. The van der Waals surface area contributed by atoms with E-state index in [-0.39, 0.29) is 17.1 Å². The van der Waals surface area contributed by atoms with Crippen molar-refractivity contribution in [3.05, 3.63) is 59.2 Å². The maximum absolute atomic E-state index is 12.5. The zero-order chi connectivity index (χ0) is 15.4. The molecule has 2 aromatic rings. The van der Waals surface area contributed by atoms with Crippen LogP contribution in [0.25, 0.3) is 0 Å².